The van der Waals surface area contributed by atoms with Crippen molar-refractivity contribution in [1.82, 2.24) is 16.0 Å². The van der Waals surface area contributed by atoms with Gasteiger partial charge in [0.2, 0.25) is 24.1 Å². The lowest BCUT2D eigenvalue weighted by Gasteiger charge is -2.26. The minimum Gasteiger partial charge on any atom is -0.475 e. The zero-order valence-electron chi connectivity index (χ0n) is 20.4. The van der Waals surface area contributed by atoms with E-state index in [0.29, 0.717) is 0 Å². The first-order valence-electron chi connectivity index (χ1n) is 10.9. The van der Waals surface area contributed by atoms with E-state index in [9.17, 15) is 37.5 Å². The maximum absolute atomic E-state index is 12.9. The highest BCUT2D eigenvalue weighted by Gasteiger charge is 2.34. The number of carbonyl (C=O) groups is 6. The summed E-state index contributed by atoms with van der Waals surface area (Å²) in [5, 5.41) is 15.4. The Labute approximate surface area is 201 Å². The van der Waals surface area contributed by atoms with Crippen LogP contribution in [0.5, 0.6) is 0 Å². The summed E-state index contributed by atoms with van der Waals surface area (Å²) in [5.41, 5.74) is 4.22. The van der Waals surface area contributed by atoms with Gasteiger partial charge in [0, 0.05) is 12.8 Å². The SMILES string of the molecule is CC(C)CC(NC(=O)C(CCC(N)=O)NC(=O)OC(C)(C)C)C(=O)NC(CC(F)F)C(=O)C(=O)O. The first-order valence-corrected chi connectivity index (χ1v) is 10.9. The lowest BCUT2D eigenvalue weighted by Crippen LogP contribution is -2.57. The van der Waals surface area contributed by atoms with E-state index in [0.717, 1.165) is 0 Å². The van der Waals surface area contributed by atoms with Crippen LogP contribution < -0.4 is 21.7 Å². The molecule has 0 saturated heterocycles. The molecule has 14 heteroatoms. The molecule has 200 valence electrons. The quantitative estimate of drug-likeness (QED) is 0.209. The molecule has 0 spiro atoms. The number of nitrogens with one attached hydrogen (secondary N) is 3. The maximum Gasteiger partial charge on any atom is 0.408 e. The monoisotopic (exact) mass is 508 g/mol. The predicted molar refractivity (Wildman–Crippen MR) is 118 cm³/mol. The van der Waals surface area contributed by atoms with Crippen LogP contribution in [0.1, 0.15) is 60.3 Å². The summed E-state index contributed by atoms with van der Waals surface area (Å²) in [6.45, 7) is 8.14. The molecule has 0 heterocycles. The Balaban J connectivity index is 5.69. The van der Waals surface area contributed by atoms with Gasteiger partial charge in [-0.15, -0.1) is 0 Å². The molecule has 0 saturated carbocycles. The topological polar surface area (TPSA) is 194 Å². The number of hydrogen-bond donors (Lipinski definition) is 5. The van der Waals surface area contributed by atoms with E-state index in [1.54, 1.807) is 34.6 Å². The molecular formula is C21H34F2N4O8. The summed E-state index contributed by atoms with van der Waals surface area (Å²) in [4.78, 5) is 71.6. The molecule has 0 aromatic rings. The number of alkyl carbamates (subject to hydrolysis) is 1. The molecule has 3 unspecified atom stereocenters. The Morgan fingerprint density at radius 3 is 1.83 bits per heavy atom. The van der Waals surface area contributed by atoms with Gasteiger partial charge in [-0.2, -0.15) is 0 Å². The molecule has 0 aliphatic heterocycles. The molecule has 6 N–H and O–H groups in total. The molecule has 0 aliphatic rings. The highest BCUT2D eigenvalue weighted by Crippen LogP contribution is 2.11. The number of amides is 4. The van der Waals surface area contributed by atoms with Crippen molar-refractivity contribution in [1.29, 1.82) is 0 Å². The van der Waals surface area contributed by atoms with Gasteiger partial charge in [-0.25, -0.2) is 18.4 Å². The number of primary amides is 1. The number of ketones is 1. The zero-order valence-corrected chi connectivity index (χ0v) is 20.4. The van der Waals surface area contributed by atoms with Gasteiger partial charge < -0.3 is 31.5 Å². The van der Waals surface area contributed by atoms with Gasteiger partial charge in [-0.05, 0) is 39.5 Å². The second-order valence-electron chi connectivity index (χ2n) is 9.25. The third kappa shape index (κ3) is 13.9. The Hall–Kier alpha value is -3.32. The average molecular weight is 509 g/mol. The third-order valence-electron chi connectivity index (χ3n) is 4.28. The van der Waals surface area contributed by atoms with Crippen LogP contribution in [0.25, 0.3) is 0 Å². The fourth-order valence-corrected chi connectivity index (χ4v) is 2.81. The Bertz CT molecular complexity index is 799. The number of carbonyl (C=O) groups excluding carboxylic acids is 5. The van der Waals surface area contributed by atoms with Crippen molar-refractivity contribution in [2.75, 3.05) is 0 Å². The summed E-state index contributed by atoms with van der Waals surface area (Å²) in [7, 11) is 0. The summed E-state index contributed by atoms with van der Waals surface area (Å²) < 4.78 is 30.7. The van der Waals surface area contributed by atoms with E-state index in [4.69, 9.17) is 15.6 Å². The van der Waals surface area contributed by atoms with Crippen molar-refractivity contribution >= 4 is 35.6 Å². The number of carboxylic acid groups (broad SMARTS) is 1. The van der Waals surface area contributed by atoms with Gasteiger partial charge in [0.05, 0.1) is 0 Å². The molecule has 12 nitrogen and oxygen atoms in total. The summed E-state index contributed by atoms with van der Waals surface area (Å²) in [6.07, 6.45) is -5.84. The summed E-state index contributed by atoms with van der Waals surface area (Å²) in [6, 6.07) is -4.74. The van der Waals surface area contributed by atoms with Gasteiger partial charge >= 0.3 is 12.1 Å². The van der Waals surface area contributed by atoms with Crippen LogP contribution in [0.15, 0.2) is 0 Å². The Kier molecular flexibility index (Phi) is 12.8. The van der Waals surface area contributed by atoms with Crippen molar-refractivity contribution in [2.45, 2.75) is 90.5 Å². The van der Waals surface area contributed by atoms with Crippen molar-refractivity contribution in [3.05, 3.63) is 0 Å². The number of alkyl halides is 2. The zero-order chi connectivity index (χ0) is 27.5. The van der Waals surface area contributed by atoms with Crippen LogP contribution in [0.4, 0.5) is 13.6 Å². The molecule has 0 aliphatic carbocycles. The lowest BCUT2D eigenvalue weighted by molar-refractivity contribution is -0.151. The number of nitrogens with two attached hydrogens (primary N) is 1. The van der Waals surface area contributed by atoms with Crippen LogP contribution >= 0.6 is 0 Å². The standard InChI is InChI=1S/C21H34F2N4O8/c1-10(2)8-13(18(31)25-12(9-14(22)23)16(29)19(32)33)26-17(30)11(6-7-15(24)28)27-20(34)35-21(3,4)5/h10-14H,6-9H2,1-5H3,(H2,24,28)(H,25,31)(H,26,30)(H,27,34)(H,32,33). The second-order valence-corrected chi connectivity index (χ2v) is 9.25. The van der Waals surface area contributed by atoms with Crippen LogP contribution in [0.3, 0.4) is 0 Å². The number of halogens is 2. The van der Waals surface area contributed by atoms with E-state index in [-0.39, 0.29) is 25.2 Å². The maximum atomic E-state index is 12.9. The van der Waals surface area contributed by atoms with Gasteiger partial charge in [-0.3, -0.25) is 19.2 Å². The number of Topliss-reactive ketones (excluding diaryl/α,β-unsaturated/α-hetero) is 1. The molecule has 0 radical (unpaired) electrons. The van der Waals surface area contributed by atoms with Crippen molar-refractivity contribution in [3.8, 4) is 0 Å². The first kappa shape index (κ1) is 31.7. The molecule has 0 fully saturated rings. The molecule has 0 aromatic carbocycles. The lowest BCUT2D eigenvalue weighted by atomic mass is 10.0. The van der Waals surface area contributed by atoms with Gasteiger partial charge in [0.1, 0.15) is 23.7 Å². The summed E-state index contributed by atoms with van der Waals surface area (Å²) >= 11 is 0. The van der Waals surface area contributed by atoms with E-state index in [2.05, 4.69) is 10.6 Å². The van der Waals surface area contributed by atoms with Crippen molar-refractivity contribution < 1.29 is 47.4 Å². The molecule has 4 amide bonds. The van der Waals surface area contributed by atoms with E-state index in [1.165, 1.54) is 0 Å². The number of rotatable bonds is 14. The van der Waals surface area contributed by atoms with E-state index in [1.807, 2.05) is 5.32 Å². The first-order chi connectivity index (χ1) is 15.9. The molecule has 0 rings (SSSR count). The minimum atomic E-state index is -3.09. The molecule has 35 heavy (non-hydrogen) atoms. The molecule has 0 bridgehead atoms. The van der Waals surface area contributed by atoms with Gasteiger partial charge in [0.15, 0.2) is 0 Å². The Morgan fingerprint density at radius 2 is 1.40 bits per heavy atom. The number of aliphatic carboxylic acids is 1. The predicted octanol–water partition coefficient (Wildman–Crippen LogP) is 0.470. The number of hydrogen-bond acceptors (Lipinski definition) is 7. The largest absolute Gasteiger partial charge is 0.475 e. The van der Waals surface area contributed by atoms with E-state index >= 15 is 0 Å². The van der Waals surface area contributed by atoms with Crippen LogP contribution in [-0.2, 0) is 28.7 Å². The van der Waals surface area contributed by atoms with E-state index < -0.39 is 72.1 Å². The number of carboxylic acids is 1. The Morgan fingerprint density at radius 1 is 0.886 bits per heavy atom. The second kappa shape index (κ2) is 14.2. The van der Waals surface area contributed by atoms with Crippen molar-refractivity contribution in [3.63, 3.8) is 0 Å². The highest BCUT2D eigenvalue weighted by atomic mass is 19.3. The van der Waals surface area contributed by atoms with Gasteiger partial charge in [-0.1, -0.05) is 13.8 Å². The number of ether oxygens (including phenoxy) is 1. The summed E-state index contributed by atoms with van der Waals surface area (Å²) in [5.74, 6) is -6.59. The van der Waals surface area contributed by atoms with Crippen LogP contribution in [0.2, 0.25) is 0 Å². The highest BCUT2D eigenvalue weighted by molar-refractivity contribution is 6.35. The van der Waals surface area contributed by atoms with Gasteiger partial charge in [0.25, 0.3) is 5.78 Å². The third-order valence-corrected chi connectivity index (χ3v) is 4.28. The fraction of sp³-hybridized carbons (Fsp3) is 0.714. The fourth-order valence-electron chi connectivity index (χ4n) is 2.81. The molecule has 3 atom stereocenters. The molecular weight excluding hydrogens is 474 g/mol. The van der Waals surface area contributed by atoms with Crippen LogP contribution in [0, 0.1) is 5.92 Å². The van der Waals surface area contributed by atoms with Crippen molar-refractivity contribution in [2.24, 2.45) is 11.7 Å². The normalized spacial score (nSPS) is 14.0. The minimum absolute atomic E-state index is 0.0186. The average Bonchev–Trinajstić information content (AvgIpc) is 2.66. The van der Waals surface area contributed by atoms with Crippen LogP contribution in [-0.4, -0.2) is 70.8 Å². The molecule has 0 aromatic heterocycles. The smallest absolute Gasteiger partial charge is 0.408 e.